The van der Waals surface area contributed by atoms with Crippen molar-refractivity contribution in [2.45, 2.75) is 87.7 Å². The molecular weight excluding hydrogens is 368 g/mol. The van der Waals surface area contributed by atoms with Crippen LogP contribution in [0.5, 0.6) is 0 Å². The predicted octanol–water partition coefficient (Wildman–Crippen LogP) is 4.92. The predicted molar refractivity (Wildman–Crippen MR) is 118 cm³/mol. The van der Waals surface area contributed by atoms with Gasteiger partial charge in [-0.1, -0.05) is 47.3 Å². The Morgan fingerprint density at radius 1 is 0.655 bits per heavy atom. The van der Waals surface area contributed by atoms with E-state index in [1.54, 1.807) is 24.3 Å². The highest BCUT2D eigenvalue weighted by Gasteiger charge is 2.36. The molecular formula is C23H38N2O4. The Morgan fingerprint density at radius 2 is 0.966 bits per heavy atom. The number of carbonyl (C=O) groups excluding carboxylic acids is 4. The van der Waals surface area contributed by atoms with Crippen LogP contribution in [-0.2, 0) is 9.59 Å². The van der Waals surface area contributed by atoms with E-state index in [4.69, 9.17) is 0 Å². The maximum Gasteiger partial charge on any atom is 0.261 e. The van der Waals surface area contributed by atoms with Gasteiger partial charge in [-0.15, -0.1) is 0 Å². The van der Waals surface area contributed by atoms with Crippen LogP contribution in [0.25, 0.3) is 0 Å². The fraction of sp³-hybridized carbons (Fsp3) is 0.565. The molecule has 164 valence electrons. The number of nitrogens with zero attached hydrogens (tertiary/aromatic N) is 2. The van der Waals surface area contributed by atoms with E-state index in [0.717, 1.165) is 0 Å². The Morgan fingerprint density at radius 3 is 1.21 bits per heavy atom. The molecule has 2 aliphatic heterocycles. The fourth-order valence-corrected chi connectivity index (χ4v) is 2.85. The Bertz CT molecular complexity index is 645. The van der Waals surface area contributed by atoms with E-state index < -0.39 is 0 Å². The molecule has 0 aromatic heterocycles. The maximum absolute atomic E-state index is 11.8. The minimum Gasteiger partial charge on any atom is -0.280 e. The molecule has 0 unspecified atom stereocenters. The average Bonchev–Trinajstić information content (AvgIpc) is 3.15. The molecule has 0 spiro atoms. The largest absolute Gasteiger partial charge is 0.280 e. The molecule has 0 saturated carbocycles. The topological polar surface area (TPSA) is 74.8 Å². The van der Waals surface area contributed by atoms with Gasteiger partial charge in [-0.05, 0) is 39.8 Å². The normalized spacial score (nSPS) is 14.4. The minimum atomic E-state index is -0.180. The quantitative estimate of drug-likeness (QED) is 0.653. The Labute approximate surface area is 176 Å². The molecule has 1 saturated heterocycles. The van der Waals surface area contributed by atoms with Crippen LogP contribution in [0.15, 0.2) is 24.3 Å². The number of amides is 4. The average molecular weight is 407 g/mol. The van der Waals surface area contributed by atoms with Crippen LogP contribution in [0.4, 0.5) is 0 Å². The summed E-state index contributed by atoms with van der Waals surface area (Å²) in [4.78, 5) is 48.0. The van der Waals surface area contributed by atoms with E-state index in [0.29, 0.717) is 24.0 Å². The van der Waals surface area contributed by atoms with Crippen LogP contribution < -0.4 is 0 Å². The highest BCUT2D eigenvalue weighted by atomic mass is 16.2. The van der Waals surface area contributed by atoms with Gasteiger partial charge in [0.15, 0.2) is 0 Å². The van der Waals surface area contributed by atoms with Crippen molar-refractivity contribution in [1.82, 2.24) is 9.80 Å². The lowest BCUT2D eigenvalue weighted by molar-refractivity contribution is -0.140. The van der Waals surface area contributed by atoms with Crippen molar-refractivity contribution in [3.63, 3.8) is 0 Å². The summed E-state index contributed by atoms with van der Waals surface area (Å²) < 4.78 is 0. The van der Waals surface area contributed by atoms with Gasteiger partial charge in [-0.2, -0.15) is 0 Å². The van der Waals surface area contributed by atoms with Gasteiger partial charge in [0.2, 0.25) is 11.8 Å². The molecule has 2 aliphatic rings. The van der Waals surface area contributed by atoms with Crippen molar-refractivity contribution < 1.29 is 19.2 Å². The second-order valence-electron chi connectivity index (χ2n) is 6.37. The first-order chi connectivity index (χ1) is 13.3. The highest BCUT2D eigenvalue weighted by molar-refractivity contribution is 6.21. The summed E-state index contributed by atoms with van der Waals surface area (Å²) in [5.41, 5.74) is 1.04. The molecule has 1 aromatic carbocycles. The van der Waals surface area contributed by atoms with Gasteiger partial charge in [0.05, 0.1) is 11.1 Å². The summed E-state index contributed by atoms with van der Waals surface area (Å²) in [7, 11) is 0. The zero-order valence-corrected chi connectivity index (χ0v) is 18.4. The van der Waals surface area contributed by atoms with Crippen LogP contribution in [0, 0.1) is 0 Å². The number of imide groups is 2. The molecule has 1 aromatic rings. The molecule has 29 heavy (non-hydrogen) atoms. The van der Waals surface area contributed by atoms with Crippen molar-refractivity contribution in [3.8, 4) is 0 Å². The van der Waals surface area contributed by atoms with Gasteiger partial charge < -0.3 is 0 Å². The van der Waals surface area contributed by atoms with E-state index in [-0.39, 0.29) is 43.1 Å². The van der Waals surface area contributed by atoms with Crippen molar-refractivity contribution in [2.24, 2.45) is 0 Å². The van der Waals surface area contributed by atoms with E-state index in [1.165, 1.54) is 9.80 Å². The first kappa shape index (κ1) is 28.7. The number of hydrogen-bond donors (Lipinski definition) is 0. The third-order valence-corrected chi connectivity index (χ3v) is 3.95. The molecule has 0 aliphatic carbocycles. The van der Waals surface area contributed by atoms with Crippen LogP contribution in [-0.4, -0.2) is 45.5 Å². The summed E-state index contributed by atoms with van der Waals surface area (Å²) in [6.45, 7) is 15.4. The smallest absolute Gasteiger partial charge is 0.261 e. The summed E-state index contributed by atoms with van der Waals surface area (Å²) in [5, 5.41) is 0. The number of likely N-dealkylation sites (tertiary alicyclic amines) is 1. The van der Waals surface area contributed by atoms with Crippen LogP contribution in [0.2, 0.25) is 0 Å². The third kappa shape index (κ3) is 6.80. The molecule has 0 atom stereocenters. The monoisotopic (exact) mass is 406 g/mol. The lowest BCUT2D eigenvalue weighted by Crippen LogP contribution is -2.35. The summed E-state index contributed by atoms with van der Waals surface area (Å²) >= 11 is 0. The number of rotatable bonds is 2. The minimum absolute atomic E-state index is 0. The molecule has 0 radical (unpaired) electrons. The highest BCUT2D eigenvalue weighted by Crippen LogP contribution is 2.23. The molecule has 0 bridgehead atoms. The Hall–Kier alpha value is -2.50. The number of fused-ring (bicyclic) bond motifs is 1. The lowest BCUT2D eigenvalue weighted by atomic mass is 10.1. The Kier molecular flexibility index (Phi) is 13.5. The van der Waals surface area contributed by atoms with Gasteiger partial charge >= 0.3 is 0 Å². The van der Waals surface area contributed by atoms with E-state index in [2.05, 4.69) is 0 Å². The third-order valence-electron chi connectivity index (χ3n) is 3.95. The molecule has 4 amide bonds. The Balaban J connectivity index is 0. The summed E-state index contributed by atoms with van der Waals surface area (Å²) in [6, 6.07) is 6.88. The van der Waals surface area contributed by atoms with Crippen molar-refractivity contribution in [1.29, 1.82) is 0 Å². The fourth-order valence-electron chi connectivity index (χ4n) is 2.85. The molecule has 6 nitrogen and oxygen atoms in total. The molecule has 0 N–H and O–H groups in total. The van der Waals surface area contributed by atoms with Crippen molar-refractivity contribution in [2.75, 3.05) is 0 Å². The van der Waals surface area contributed by atoms with Crippen LogP contribution in [0.3, 0.4) is 0 Å². The SMILES string of the molecule is C.CC.CC.CC(C)N1C(=O)CCC1=O.CC(C)N1C(=O)c2ccccc2C1=O. The molecule has 3 rings (SSSR count). The number of hydrogen-bond acceptors (Lipinski definition) is 4. The maximum atomic E-state index is 11.8. The van der Waals surface area contributed by atoms with Gasteiger partial charge in [-0.25, -0.2) is 0 Å². The van der Waals surface area contributed by atoms with Crippen LogP contribution >= 0.6 is 0 Å². The van der Waals surface area contributed by atoms with Gasteiger partial charge in [-0.3, -0.25) is 29.0 Å². The second kappa shape index (κ2) is 13.6. The first-order valence-corrected chi connectivity index (χ1v) is 10.1. The van der Waals surface area contributed by atoms with Gasteiger partial charge in [0, 0.05) is 24.9 Å². The van der Waals surface area contributed by atoms with E-state index in [1.807, 2.05) is 55.4 Å². The second-order valence-corrected chi connectivity index (χ2v) is 6.37. The van der Waals surface area contributed by atoms with E-state index >= 15 is 0 Å². The zero-order valence-electron chi connectivity index (χ0n) is 18.4. The summed E-state index contributed by atoms with van der Waals surface area (Å²) in [5.74, 6) is -0.416. The molecule has 2 heterocycles. The van der Waals surface area contributed by atoms with E-state index in [9.17, 15) is 19.2 Å². The van der Waals surface area contributed by atoms with Gasteiger partial charge in [0.25, 0.3) is 11.8 Å². The van der Waals surface area contributed by atoms with Crippen molar-refractivity contribution in [3.05, 3.63) is 35.4 Å². The molecule has 1 fully saturated rings. The number of benzene rings is 1. The van der Waals surface area contributed by atoms with Crippen LogP contribution in [0.1, 0.15) is 96.4 Å². The zero-order chi connectivity index (χ0) is 22.0. The van der Waals surface area contributed by atoms with Gasteiger partial charge in [0.1, 0.15) is 0 Å². The van der Waals surface area contributed by atoms with Crippen molar-refractivity contribution >= 4 is 23.6 Å². The summed E-state index contributed by atoms with van der Waals surface area (Å²) in [6.07, 6.45) is 0.800. The number of carbonyl (C=O) groups is 4. The first-order valence-electron chi connectivity index (χ1n) is 10.1. The lowest BCUT2D eigenvalue weighted by Gasteiger charge is -2.17. The standard InChI is InChI=1S/C11H11NO2.C7H11NO2.2C2H6.CH4/c1-7(2)12-10(13)8-5-3-4-6-9(8)11(12)14;1-5(2)8-6(9)3-4-7(8)10;2*1-2;/h3-7H,1-2H3;5H,3-4H2,1-2H3;2*1-2H3;1H4. The molecule has 6 heteroatoms.